The van der Waals surface area contributed by atoms with E-state index in [0.29, 0.717) is 6.07 Å². The minimum absolute atomic E-state index is 0. The van der Waals surface area contributed by atoms with E-state index in [9.17, 15) is 47.9 Å². The zero-order valence-electron chi connectivity index (χ0n) is 27.9. The molecule has 290 valence electrons. The molecule has 0 aliphatic carbocycles. The van der Waals surface area contributed by atoms with Crippen LogP contribution < -0.4 is 51.4 Å². The van der Waals surface area contributed by atoms with E-state index in [1.807, 2.05) is 0 Å². The van der Waals surface area contributed by atoms with E-state index in [1.54, 1.807) is 0 Å². The van der Waals surface area contributed by atoms with Crippen LogP contribution in [-0.2, 0) is 44.7 Å². The van der Waals surface area contributed by atoms with Crippen molar-refractivity contribution in [2.75, 3.05) is 29.1 Å². The van der Waals surface area contributed by atoms with Gasteiger partial charge in [-0.1, -0.05) is 11.8 Å². The van der Waals surface area contributed by atoms with Gasteiger partial charge in [-0.05, 0) is 71.6 Å². The number of halogens is 1. The molecule has 5 aromatic rings. The maximum atomic E-state index is 12.9. The van der Waals surface area contributed by atoms with Gasteiger partial charge in [-0.3, -0.25) is 13.7 Å². The molecule has 0 bridgehead atoms. The Balaban J connectivity index is 0.00000696. The molecule has 0 saturated carbocycles. The van der Waals surface area contributed by atoms with Crippen LogP contribution in [0.3, 0.4) is 0 Å². The third-order valence-corrected chi connectivity index (χ3v) is 10.9. The largest absolute Gasteiger partial charge is 1.00 e. The molecule has 8 N–H and O–H groups in total. The maximum Gasteiger partial charge on any atom is 1.00 e. The minimum Gasteiger partial charge on any atom is -0.872 e. The molecule has 0 unspecified atom stereocenters. The number of nitrogens with two attached hydrogens (primary N) is 2. The average molecular weight is 881 g/mol. The second kappa shape index (κ2) is 16.9. The predicted octanol–water partition coefficient (Wildman–Crippen LogP) is 0.581. The number of rotatable bonds is 13. The van der Waals surface area contributed by atoms with E-state index in [0.717, 1.165) is 30.3 Å². The normalized spacial score (nSPS) is 12.6. The fraction of sp³-hybridized carbons (Fsp3) is 0.0741. The molecule has 56 heavy (non-hydrogen) atoms. The maximum absolute atomic E-state index is 12.9. The third kappa shape index (κ3) is 11.1. The molecule has 5 rings (SSSR count). The first-order valence-corrected chi connectivity index (χ1v) is 20.7. The molecule has 1 aromatic heterocycles. The Labute approximate surface area is 343 Å². The van der Waals surface area contributed by atoms with Crippen LogP contribution in [0.4, 0.5) is 46.0 Å². The molecule has 23 nitrogen and oxygen atoms in total. The molecule has 0 amide bonds. The van der Waals surface area contributed by atoms with Crippen LogP contribution in [0.1, 0.15) is 0 Å². The smallest absolute Gasteiger partial charge is 0.872 e. The number of nitrogens with one attached hydrogen (secondary N) is 1. The molecule has 1 heterocycles. The van der Waals surface area contributed by atoms with Gasteiger partial charge in [0.1, 0.15) is 22.0 Å². The summed E-state index contributed by atoms with van der Waals surface area (Å²) >= 11 is 5.89. The quantitative estimate of drug-likeness (QED) is 0.0407. The molecule has 4 aromatic carbocycles. The van der Waals surface area contributed by atoms with Crippen LogP contribution in [0.25, 0.3) is 10.8 Å². The van der Waals surface area contributed by atoms with Crippen molar-refractivity contribution in [3.05, 3.63) is 65.9 Å². The van der Waals surface area contributed by atoms with Gasteiger partial charge in [-0.15, -0.1) is 15.3 Å². The summed E-state index contributed by atoms with van der Waals surface area (Å²) < 4.78 is 127. The molecule has 0 fully saturated rings. The number of aromatic nitrogens is 3. The number of benzene rings is 4. The van der Waals surface area contributed by atoms with Crippen molar-refractivity contribution in [2.24, 2.45) is 20.5 Å². The van der Waals surface area contributed by atoms with Crippen molar-refractivity contribution in [3.8, 4) is 5.75 Å². The fourth-order valence-corrected chi connectivity index (χ4v) is 7.34. The van der Waals surface area contributed by atoms with E-state index < -0.39 is 74.1 Å². The summed E-state index contributed by atoms with van der Waals surface area (Å²) in [5, 5.41) is 30.8. The summed E-state index contributed by atoms with van der Waals surface area (Å²) in [6.07, 6.45) is 0. The topological polar surface area (TPSA) is 382 Å². The monoisotopic (exact) mass is 880 g/mol. The van der Waals surface area contributed by atoms with Crippen LogP contribution in [0.2, 0.25) is 5.28 Å². The van der Waals surface area contributed by atoms with Crippen LogP contribution in [0.15, 0.2) is 95.8 Å². The van der Waals surface area contributed by atoms with Gasteiger partial charge in [0.25, 0.3) is 20.2 Å². The van der Waals surface area contributed by atoms with Crippen molar-refractivity contribution in [3.63, 3.8) is 0 Å². The Morgan fingerprint density at radius 2 is 1.43 bits per heavy atom. The second-order valence-electron chi connectivity index (χ2n) is 10.7. The molecular formula is C27H22ClN10NaO13S4. The number of anilines is 4. The molecule has 0 saturated heterocycles. The predicted molar refractivity (Wildman–Crippen MR) is 191 cm³/mol. The number of hydrogen-bond donors (Lipinski definition) is 6. The van der Waals surface area contributed by atoms with Gasteiger partial charge >= 0.3 is 40.0 Å². The first kappa shape index (κ1) is 44.2. The van der Waals surface area contributed by atoms with Gasteiger partial charge < -0.3 is 21.9 Å². The standard InChI is InChI=1S/C27H23ClN10O13S4.Na/c28-25-32-26(30)34-27(33-25)31-18-11-20(37-38-24-17(29)6-1-13-9-16(53(42,43)44)10-21(39)23(13)24)22(54(45,46)47)12-19(18)36-35-14-2-4-15(5-3-14)52(40,41)8-7-51-55(48,49)50;/h1-6,9-12,39H,7-8,29H2,(H,42,43,44)(H,45,46,47)(H,48,49,50)(H3,30,31,32,33,34);/q;+1/p-1. The molecule has 0 spiro atoms. The Morgan fingerprint density at radius 3 is 2.04 bits per heavy atom. The number of azo groups is 2. The third-order valence-electron chi connectivity index (χ3n) is 6.89. The van der Waals surface area contributed by atoms with Crippen molar-refractivity contribution in [1.82, 2.24) is 15.0 Å². The molecule has 0 radical (unpaired) electrons. The van der Waals surface area contributed by atoms with E-state index in [-0.39, 0.29) is 90.8 Å². The summed E-state index contributed by atoms with van der Waals surface area (Å²) in [5.74, 6) is -2.39. The van der Waals surface area contributed by atoms with E-state index in [4.69, 9.17) is 27.6 Å². The molecule has 0 atom stereocenters. The van der Waals surface area contributed by atoms with Gasteiger partial charge in [-0.2, -0.15) is 45.3 Å². The molecule has 0 aliphatic rings. The Morgan fingerprint density at radius 1 is 0.768 bits per heavy atom. The fourth-order valence-electron chi connectivity index (χ4n) is 4.52. The average Bonchev–Trinajstić information content (AvgIpc) is 3.05. The Bertz CT molecular complexity index is 2850. The van der Waals surface area contributed by atoms with Gasteiger partial charge in [-0.25, -0.2) is 12.6 Å². The minimum atomic E-state index is -5.15. The van der Waals surface area contributed by atoms with E-state index in [1.165, 1.54) is 24.3 Å². The Kier molecular flexibility index (Phi) is 13.3. The summed E-state index contributed by atoms with van der Waals surface area (Å²) in [4.78, 5) is 9.46. The number of nitrogens with zero attached hydrogens (tertiary/aromatic N) is 7. The summed E-state index contributed by atoms with van der Waals surface area (Å²) in [7, 11) is -18.9. The number of fused-ring (bicyclic) bond motifs is 1. The van der Waals surface area contributed by atoms with Crippen molar-refractivity contribution in [2.45, 2.75) is 14.7 Å². The SMILES string of the molecule is Nc1nc(Cl)nc(Nc2cc(N=Nc3c(N)ccc4cc(S(=O)(=O)O)cc([O-])c34)c(S(=O)(=O)O)cc2N=Nc2ccc(S(=O)(=O)CCOS(=O)(=O)O)cc2)n1.[Na+]. The zero-order chi connectivity index (χ0) is 40.5. The summed E-state index contributed by atoms with van der Waals surface area (Å²) in [5.41, 5.74) is 10.1. The van der Waals surface area contributed by atoms with E-state index in [2.05, 4.69) is 44.9 Å². The van der Waals surface area contributed by atoms with Gasteiger partial charge in [0.05, 0.1) is 39.2 Å². The summed E-state index contributed by atoms with van der Waals surface area (Å²) in [6, 6.07) is 10.4. The molecule has 0 aliphatic heterocycles. The van der Waals surface area contributed by atoms with Crippen molar-refractivity contribution >= 4 is 109 Å². The van der Waals surface area contributed by atoms with Crippen LogP contribution in [0, 0.1) is 0 Å². The molecular weight excluding hydrogens is 859 g/mol. The van der Waals surface area contributed by atoms with E-state index >= 15 is 0 Å². The van der Waals surface area contributed by atoms with Gasteiger partial charge in [0.2, 0.25) is 17.2 Å². The first-order valence-electron chi connectivity index (χ1n) is 14.4. The Hall–Kier alpha value is -4.52. The van der Waals surface area contributed by atoms with Gasteiger partial charge in [0.15, 0.2) is 9.84 Å². The van der Waals surface area contributed by atoms with Crippen LogP contribution >= 0.6 is 11.6 Å². The van der Waals surface area contributed by atoms with Crippen molar-refractivity contribution in [1.29, 1.82) is 0 Å². The number of sulfone groups is 1. The van der Waals surface area contributed by atoms with Crippen molar-refractivity contribution < 1.29 is 86.2 Å². The van der Waals surface area contributed by atoms with Crippen LogP contribution in [0.5, 0.6) is 5.75 Å². The summed E-state index contributed by atoms with van der Waals surface area (Å²) in [6.45, 7) is -0.866. The van der Waals surface area contributed by atoms with Crippen LogP contribution in [-0.4, -0.2) is 74.6 Å². The second-order valence-corrected chi connectivity index (χ2v) is 17.0. The first-order chi connectivity index (χ1) is 25.5. The number of hydrogen-bond acceptors (Lipinski definition) is 20. The zero-order valence-corrected chi connectivity index (χ0v) is 33.9. The van der Waals surface area contributed by atoms with Gasteiger partial charge in [0, 0.05) is 5.39 Å². The molecule has 29 heteroatoms. The number of nitrogen functional groups attached to an aromatic ring is 2.